The summed E-state index contributed by atoms with van der Waals surface area (Å²) < 4.78 is 0. The summed E-state index contributed by atoms with van der Waals surface area (Å²) in [6.45, 7) is 18.3. The van der Waals surface area contributed by atoms with E-state index in [0.29, 0.717) is 34.7 Å². The largest absolute Gasteiger partial charge is 0.349 e. The van der Waals surface area contributed by atoms with Crippen LogP contribution in [0.5, 0.6) is 0 Å². The summed E-state index contributed by atoms with van der Waals surface area (Å²) >= 11 is 0. The zero-order valence-electron chi connectivity index (χ0n) is 29.0. The molecular weight excluding hydrogens is 546 g/mol. The molecule has 4 rings (SSSR count). The lowest BCUT2D eigenvalue weighted by Crippen LogP contribution is -2.38. The SMILES string of the molecule is CC(C)[C@H]1CC[C@@H](NC(=O)c2cc(NC(=O)C3CCC(C(C)(C)C)CC3)cc(NC(=O)C3CCC(C(C)(C)C)CC3)c2)CC1. The Bertz CT molecular complexity index is 1070. The summed E-state index contributed by atoms with van der Waals surface area (Å²) in [5, 5.41) is 9.51. The summed E-state index contributed by atoms with van der Waals surface area (Å²) in [5.74, 6) is 2.49. The molecule has 0 saturated heterocycles. The van der Waals surface area contributed by atoms with Crippen LogP contribution in [0, 0.1) is 46.3 Å². The van der Waals surface area contributed by atoms with E-state index in [4.69, 9.17) is 0 Å². The number of hydrogen-bond acceptors (Lipinski definition) is 3. The number of benzene rings is 1. The van der Waals surface area contributed by atoms with Crippen LogP contribution in [-0.2, 0) is 9.59 Å². The molecule has 0 heterocycles. The summed E-state index contributed by atoms with van der Waals surface area (Å²) in [6, 6.07) is 5.53. The molecule has 3 saturated carbocycles. The predicted octanol–water partition coefficient (Wildman–Crippen LogP) is 9.21. The fourth-order valence-electron chi connectivity index (χ4n) is 8.03. The monoisotopic (exact) mass is 607 g/mol. The zero-order chi connectivity index (χ0) is 32.2. The van der Waals surface area contributed by atoms with Crippen molar-refractivity contribution in [2.24, 2.45) is 46.3 Å². The van der Waals surface area contributed by atoms with E-state index in [1.54, 1.807) is 12.1 Å². The molecule has 246 valence electrons. The molecule has 3 aliphatic rings. The van der Waals surface area contributed by atoms with Crippen LogP contribution < -0.4 is 16.0 Å². The highest BCUT2D eigenvalue weighted by molar-refractivity contribution is 6.01. The second kappa shape index (κ2) is 14.4. The standard InChI is InChI=1S/C38H61N3O3/c1-24(2)25-13-19-31(20-14-25)39-36(44)28-21-32(40-34(42)26-9-15-29(16-10-26)37(3,4)5)23-33(22-28)41-35(43)27-11-17-30(18-12-27)38(6,7)8/h21-27,29-31H,9-20H2,1-8H3,(H,39,44)(H,40,42)(H,41,43)/t25-,26?,27?,29?,30?,31+. The normalized spacial score (nSPS) is 28.3. The molecular formula is C38H61N3O3. The van der Waals surface area contributed by atoms with E-state index in [9.17, 15) is 14.4 Å². The molecule has 0 atom stereocenters. The van der Waals surface area contributed by atoms with Gasteiger partial charge in [-0.1, -0.05) is 55.4 Å². The van der Waals surface area contributed by atoms with Crippen LogP contribution in [0.3, 0.4) is 0 Å². The quantitative estimate of drug-likeness (QED) is 0.289. The van der Waals surface area contributed by atoms with Crippen molar-refractivity contribution in [2.75, 3.05) is 10.6 Å². The van der Waals surface area contributed by atoms with Gasteiger partial charge in [0, 0.05) is 34.8 Å². The van der Waals surface area contributed by atoms with Gasteiger partial charge >= 0.3 is 0 Å². The Morgan fingerprint density at radius 3 is 1.39 bits per heavy atom. The van der Waals surface area contributed by atoms with E-state index in [1.807, 2.05) is 6.07 Å². The molecule has 0 aliphatic heterocycles. The first-order chi connectivity index (χ1) is 20.6. The van der Waals surface area contributed by atoms with Crippen molar-refractivity contribution in [1.82, 2.24) is 5.32 Å². The number of rotatable bonds is 7. The molecule has 0 unspecified atom stereocenters. The Kier molecular flexibility index (Phi) is 11.3. The second-order valence-corrected chi connectivity index (χ2v) is 16.9. The maximum Gasteiger partial charge on any atom is 0.251 e. The number of hydrogen-bond donors (Lipinski definition) is 3. The maximum absolute atomic E-state index is 13.5. The molecule has 3 fully saturated rings. The molecule has 0 spiro atoms. The van der Waals surface area contributed by atoms with E-state index in [-0.39, 0.29) is 46.4 Å². The van der Waals surface area contributed by atoms with Gasteiger partial charge in [-0.2, -0.15) is 0 Å². The summed E-state index contributed by atoms with van der Waals surface area (Å²) in [6.07, 6.45) is 12.0. The third kappa shape index (κ3) is 9.33. The molecule has 0 aromatic heterocycles. The Hall–Kier alpha value is -2.37. The summed E-state index contributed by atoms with van der Waals surface area (Å²) in [4.78, 5) is 40.3. The number of anilines is 2. The first-order valence-corrected chi connectivity index (χ1v) is 17.7. The molecule has 3 amide bonds. The van der Waals surface area contributed by atoms with Crippen LogP contribution in [0.25, 0.3) is 0 Å². The van der Waals surface area contributed by atoms with Gasteiger partial charge in [0.15, 0.2) is 0 Å². The smallest absolute Gasteiger partial charge is 0.251 e. The van der Waals surface area contributed by atoms with Gasteiger partial charge in [0.1, 0.15) is 0 Å². The van der Waals surface area contributed by atoms with Crippen molar-refractivity contribution < 1.29 is 14.4 Å². The van der Waals surface area contributed by atoms with Crippen molar-refractivity contribution in [3.63, 3.8) is 0 Å². The topological polar surface area (TPSA) is 87.3 Å². The van der Waals surface area contributed by atoms with E-state index in [0.717, 1.165) is 83.0 Å². The molecule has 6 nitrogen and oxygen atoms in total. The van der Waals surface area contributed by atoms with Crippen molar-refractivity contribution in [3.8, 4) is 0 Å². The number of carbonyl (C=O) groups is 3. The minimum atomic E-state index is -0.138. The molecule has 1 aromatic carbocycles. The Morgan fingerprint density at radius 2 is 1.02 bits per heavy atom. The van der Waals surface area contributed by atoms with E-state index in [1.165, 1.54) is 0 Å². The first kappa shape index (κ1) is 34.5. The van der Waals surface area contributed by atoms with Crippen LogP contribution in [0.1, 0.15) is 143 Å². The summed E-state index contributed by atoms with van der Waals surface area (Å²) in [7, 11) is 0. The molecule has 0 radical (unpaired) electrons. The fourth-order valence-corrected chi connectivity index (χ4v) is 8.03. The van der Waals surface area contributed by atoms with Crippen LogP contribution in [0.15, 0.2) is 18.2 Å². The van der Waals surface area contributed by atoms with Crippen molar-refractivity contribution in [3.05, 3.63) is 23.8 Å². The van der Waals surface area contributed by atoms with Crippen molar-refractivity contribution >= 4 is 29.1 Å². The van der Waals surface area contributed by atoms with Crippen molar-refractivity contribution in [1.29, 1.82) is 0 Å². The third-order valence-corrected chi connectivity index (χ3v) is 11.4. The van der Waals surface area contributed by atoms with E-state index in [2.05, 4.69) is 71.3 Å². The molecule has 0 bridgehead atoms. The van der Waals surface area contributed by atoms with Gasteiger partial charge in [0.05, 0.1) is 0 Å². The lowest BCUT2D eigenvalue weighted by Gasteiger charge is -2.36. The van der Waals surface area contributed by atoms with Gasteiger partial charge in [-0.3, -0.25) is 14.4 Å². The third-order valence-electron chi connectivity index (χ3n) is 11.4. The summed E-state index contributed by atoms with van der Waals surface area (Å²) in [5.41, 5.74) is 2.16. The maximum atomic E-state index is 13.5. The van der Waals surface area contributed by atoms with Crippen LogP contribution in [-0.4, -0.2) is 23.8 Å². The van der Waals surface area contributed by atoms with Crippen LogP contribution in [0.2, 0.25) is 0 Å². The number of carbonyl (C=O) groups excluding carboxylic acids is 3. The first-order valence-electron chi connectivity index (χ1n) is 17.7. The fraction of sp³-hybridized carbons (Fsp3) is 0.763. The lowest BCUT2D eigenvalue weighted by molar-refractivity contribution is -0.122. The Morgan fingerprint density at radius 1 is 0.614 bits per heavy atom. The van der Waals surface area contributed by atoms with Gasteiger partial charge in [-0.05, 0) is 130 Å². The average Bonchev–Trinajstić information content (AvgIpc) is 2.96. The average molecular weight is 608 g/mol. The van der Waals surface area contributed by atoms with Crippen LogP contribution in [0.4, 0.5) is 11.4 Å². The van der Waals surface area contributed by atoms with Gasteiger partial charge in [-0.15, -0.1) is 0 Å². The van der Waals surface area contributed by atoms with Gasteiger partial charge in [0.25, 0.3) is 5.91 Å². The molecule has 44 heavy (non-hydrogen) atoms. The Labute approximate surface area is 267 Å². The highest BCUT2D eigenvalue weighted by Crippen LogP contribution is 2.41. The van der Waals surface area contributed by atoms with Gasteiger partial charge < -0.3 is 16.0 Å². The Balaban J connectivity index is 1.45. The zero-order valence-corrected chi connectivity index (χ0v) is 29.0. The van der Waals surface area contributed by atoms with E-state index < -0.39 is 0 Å². The number of amides is 3. The van der Waals surface area contributed by atoms with E-state index >= 15 is 0 Å². The predicted molar refractivity (Wildman–Crippen MR) is 182 cm³/mol. The minimum absolute atomic E-state index is 0.0136. The molecule has 3 N–H and O–H groups in total. The van der Waals surface area contributed by atoms with Crippen LogP contribution >= 0.6 is 0 Å². The molecule has 3 aliphatic carbocycles. The molecule has 1 aromatic rings. The van der Waals surface area contributed by atoms with Gasteiger partial charge in [-0.25, -0.2) is 0 Å². The molecule has 6 heteroatoms. The highest BCUT2D eigenvalue weighted by Gasteiger charge is 2.34. The lowest BCUT2D eigenvalue weighted by atomic mass is 9.69. The van der Waals surface area contributed by atoms with Gasteiger partial charge in [0.2, 0.25) is 11.8 Å². The van der Waals surface area contributed by atoms with Crippen molar-refractivity contribution in [2.45, 2.75) is 138 Å². The second-order valence-electron chi connectivity index (χ2n) is 16.9. The highest BCUT2D eigenvalue weighted by atomic mass is 16.2. The number of nitrogens with one attached hydrogen (secondary N) is 3. The minimum Gasteiger partial charge on any atom is -0.349 e.